The van der Waals surface area contributed by atoms with Gasteiger partial charge in [0.2, 0.25) is 0 Å². The van der Waals surface area contributed by atoms with E-state index in [0.29, 0.717) is 0 Å². The fourth-order valence-electron chi connectivity index (χ4n) is 1.29. The van der Waals surface area contributed by atoms with Gasteiger partial charge in [-0.25, -0.2) is 4.79 Å². The zero-order chi connectivity index (χ0) is 12.3. The summed E-state index contributed by atoms with van der Waals surface area (Å²) in [5, 5.41) is 12.1. The molecule has 0 aliphatic carbocycles. The zero-order valence-electron chi connectivity index (χ0n) is 9.00. The van der Waals surface area contributed by atoms with Gasteiger partial charge in [0.05, 0.1) is 0 Å². The lowest BCUT2D eigenvalue weighted by Gasteiger charge is -2.20. The number of halogens is 2. The fourth-order valence-corrected chi connectivity index (χ4v) is 2.45. The largest absolute Gasteiger partial charge is 0.480 e. The van der Waals surface area contributed by atoms with Crippen LogP contribution >= 0.6 is 31.9 Å². The summed E-state index contributed by atoms with van der Waals surface area (Å²) in [7, 11) is 0. The first-order chi connectivity index (χ1) is 7.41. The average Bonchev–Trinajstić information content (AvgIpc) is 2.15. The Kier molecular flexibility index (Phi) is 4.80. The molecular weight excluding hydrogens is 338 g/mol. The summed E-state index contributed by atoms with van der Waals surface area (Å²) < 4.78 is 1.79. The molecule has 1 aromatic carbocycles. The molecule has 16 heavy (non-hydrogen) atoms. The molecule has 0 aliphatic heterocycles. The highest BCUT2D eigenvalue weighted by Gasteiger charge is 2.21. The zero-order valence-corrected chi connectivity index (χ0v) is 12.2. The van der Waals surface area contributed by atoms with Gasteiger partial charge >= 0.3 is 5.97 Å². The maximum Gasteiger partial charge on any atom is 0.326 e. The summed E-state index contributed by atoms with van der Waals surface area (Å²) in [4.78, 5) is 11.0. The van der Waals surface area contributed by atoms with Crippen LogP contribution in [0.4, 0.5) is 5.69 Å². The number of nitrogens with one attached hydrogen (secondary N) is 1. The minimum Gasteiger partial charge on any atom is -0.480 e. The molecule has 0 saturated heterocycles. The van der Waals surface area contributed by atoms with Crippen molar-refractivity contribution in [1.29, 1.82) is 0 Å². The number of hydrogen-bond acceptors (Lipinski definition) is 2. The van der Waals surface area contributed by atoms with Crippen molar-refractivity contribution < 1.29 is 9.90 Å². The minimum atomic E-state index is -0.843. The number of anilines is 1. The summed E-state index contributed by atoms with van der Waals surface area (Å²) in [5.41, 5.74) is 0.782. The number of carboxylic acids is 1. The Bertz CT molecular complexity index is 394. The normalized spacial score (nSPS) is 12.6. The van der Waals surface area contributed by atoms with Crippen molar-refractivity contribution in [3.05, 3.63) is 27.1 Å². The average molecular weight is 351 g/mol. The van der Waals surface area contributed by atoms with Crippen molar-refractivity contribution in [1.82, 2.24) is 0 Å². The second-order valence-electron chi connectivity index (χ2n) is 3.83. The third kappa shape index (κ3) is 3.49. The van der Waals surface area contributed by atoms with Crippen LogP contribution in [0.15, 0.2) is 27.1 Å². The maximum atomic E-state index is 11.0. The van der Waals surface area contributed by atoms with E-state index in [2.05, 4.69) is 37.2 Å². The molecule has 0 aromatic heterocycles. The van der Waals surface area contributed by atoms with Crippen LogP contribution in [0.2, 0.25) is 0 Å². The number of carboxylic acid groups (broad SMARTS) is 1. The minimum absolute atomic E-state index is 0.0213. The molecule has 0 aliphatic rings. The lowest BCUT2D eigenvalue weighted by Crippen LogP contribution is -2.34. The smallest absolute Gasteiger partial charge is 0.326 e. The Hall–Kier alpha value is -0.550. The molecule has 0 bridgehead atoms. The van der Waals surface area contributed by atoms with Crippen LogP contribution in [0, 0.1) is 5.92 Å². The molecule has 0 spiro atoms. The van der Waals surface area contributed by atoms with E-state index in [9.17, 15) is 4.79 Å². The topological polar surface area (TPSA) is 49.3 Å². The third-order valence-corrected chi connectivity index (χ3v) is 3.32. The number of hydrogen-bond donors (Lipinski definition) is 2. The summed E-state index contributed by atoms with van der Waals surface area (Å²) in [6.45, 7) is 3.75. The van der Waals surface area contributed by atoms with Gasteiger partial charge in [-0.05, 0) is 40.0 Å². The van der Waals surface area contributed by atoms with E-state index in [1.54, 1.807) is 0 Å². The summed E-state index contributed by atoms with van der Waals surface area (Å²) in [6, 6.07) is 5.00. The third-order valence-electron chi connectivity index (χ3n) is 2.17. The van der Waals surface area contributed by atoms with E-state index in [-0.39, 0.29) is 5.92 Å². The number of rotatable bonds is 4. The molecule has 1 aromatic rings. The van der Waals surface area contributed by atoms with Gasteiger partial charge in [0, 0.05) is 14.6 Å². The fraction of sp³-hybridized carbons (Fsp3) is 0.364. The van der Waals surface area contributed by atoms with E-state index in [1.165, 1.54) is 0 Å². The van der Waals surface area contributed by atoms with Gasteiger partial charge in [0.1, 0.15) is 6.04 Å². The molecule has 0 fully saturated rings. The number of benzene rings is 1. The van der Waals surface area contributed by atoms with E-state index < -0.39 is 12.0 Å². The Morgan fingerprint density at radius 2 is 2.00 bits per heavy atom. The van der Waals surface area contributed by atoms with E-state index in [0.717, 1.165) is 14.6 Å². The van der Waals surface area contributed by atoms with Gasteiger partial charge in [-0.2, -0.15) is 0 Å². The Morgan fingerprint density at radius 3 is 2.44 bits per heavy atom. The monoisotopic (exact) mass is 349 g/mol. The van der Waals surface area contributed by atoms with Crippen LogP contribution in [0.1, 0.15) is 13.8 Å². The first-order valence-corrected chi connectivity index (χ1v) is 6.45. The standard InChI is InChI=1S/C11H13Br2NO2/c1-6(2)10(11(15)16)14-9-4-3-7(12)5-8(9)13/h3-6,10,14H,1-2H3,(H,15,16). The second-order valence-corrected chi connectivity index (χ2v) is 5.60. The molecule has 1 rings (SSSR count). The van der Waals surface area contributed by atoms with Gasteiger partial charge in [-0.1, -0.05) is 29.8 Å². The van der Waals surface area contributed by atoms with Crippen molar-refractivity contribution in [2.24, 2.45) is 5.92 Å². The molecule has 0 radical (unpaired) electrons. The lowest BCUT2D eigenvalue weighted by atomic mass is 10.0. The predicted molar refractivity (Wildman–Crippen MR) is 71.7 cm³/mol. The predicted octanol–water partition coefficient (Wildman–Crippen LogP) is 3.73. The van der Waals surface area contributed by atoms with Gasteiger partial charge in [0.15, 0.2) is 0 Å². The summed E-state index contributed by atoms with van der Waals surface area (Å²) in [5.74, 6) is -0.821. The molecule has 2 N–H and O–H groups in total. The van der Waals surface area contributed by atoms with Gasteiger partial charge in [-0.15, -0.1) is 0 Å². The molecule has 1 atom stereocenters. The van der Waals surface area contributed by atoms with Gasteiger partial charge < -0.3 is 10.4 Å². The molecular formula is C11H13Br2NO2. The summed E-state index contributed by atoms with van der Waals surface area (Å²) in [6.07, 6.45) is 0. The first-order valence-electron chi connectivity index (χ1n) is 4.86. The van der Waals surface area contributed by atoms with Crippen LogP contribution in [0.3, 0.4) is 0 Å². The highest BCUT2D eigenvalue weighted by molar-refractivity contribution is 9.11. The highest BCUT2D eigenvalue weighted by atomic mass is 79.9. The lowest BCUT2D eigenvalue weighted by molar-refractivity contribution is -0.138. The number of carbonyl (C=O) groups is 1. The van der Waals surface area contributed by atoms with Crippen LogP contribution in [-0.4, -0.2) is 17.1 Å². The van der Waals surface area contributed by atoms with Crippen LogP contribution < -0.4 is 5.32 Å². The van der Waals surface area contributed by atoms with Gasteiger partial charge in [-0.3, -0.25) is 0 Å². The SMILES string of the molecule is CC(C)C(Nc1ccc(Br)cc1Br)C(=O)O. The van der Waals surface area contributed by atoms with Crippen molar-refractivity contribution in [3.63, 3.8) is 0 Å². The second kappa shape index (κ2) is 5.68. The van der Waals surface area contributed by atoms with Crippen LogP contribution in [0.5, 0.6) is 0 Å². The van der Waals surface area contributed by atoms with Crippen LogP contribution in [-0.2, 0) is 4.79 Å². The Morgan fingerprint density at radius 1 is 1.38 bits per heavy atom. The highest BCUT2D eigenvalue weighted by Crippen LogP contribution is 2.27. The molecule has 88 valence electrons. The molecule has 3 nitrogen and oxygen atoms in total. The van der Waals surface area contributed by atoms with E-state index in [4.69, 9.17) is 5.11 Å². The number of aliphatic carboxylic acids is 1. The van der Waals surface area contributed by atoms with Crippen LogP contribution in [0.25, 0.3) is 0 Å². The van der Waals surface area contributed by atoms with Crippen molar-refractivity contribution in [2.75, 3.05) is 5.32 Å². The van der Waals surface area contributed by atoms with E-state index >= 15 is 0 Å². The van der Waals surface area contributed by atoms with Crippen molar-refractivity contribution in [3.8, 4) is 0 Å². The van der Waals surface area contributed by atoms with Crippen molar-refractivity contribution in [2.45, 2.75) is 19.9 Å². The quantitative estimate of drug-likeness (QED) is 0.869. The molecule has 1 unspecified atom stereocenters. The molecule has 0 amide bonds. The Labute approximate surface area is 111 Å². The molecule has 5 heteroatoms. The van der Waals surface area contributed by atoms with Gasteiger partial charge in [0.25, 0.3) is 0 Å². The molecule has 0 saturated carbocycles. The Balaban J connectivity index is 2.90. The molecule has 0 heterocycles. The summed E-state index contributed by atoms with van der Waals surface area (Å²) >= 11 is 6.73. The maximum absolute atomic E-state index is 11.0. The van der Waals surface area contributed by atoms with E-state index in [1.807, 2.05) is 32.0 Å². The first kappa shape index (κ1) is 13.5. The van der Waals surface area contributed by atoms with Crippen molar-refractivity contribution >= 4 is 43.5 Å².